The topological polar surface area (TPSA) is 151 Å². The molecular weight excluding hydrogens is 673 g/mol. The van der Waals surface area contributed by atoms with Crippen LogP contribution in [0.15, 0.2) is 83.8 Å². The first-order chi connectivity index (χ1) is 23.8. The third-order valence-corrected chi connectivity index (χ3v) is 9.45. The van der Waals surface area contributed by atoms with Gasteiger partial charge in [0.2, 0.25) is 5.75 Å². The molecule has 4 aromatic rings. The highest BCUT2D eigenvalue weighted by Crippen LogP contribution is 2.41. The molecule has 0 spiro atoms. The minimum Gasteiger partial charge on any atom is -0.487 e. The fourth-order valence-corrected chi connectivity index (χ4v) is 6.91. The molecule has 12 heteroatoms. The Balaban J connectivity index is 1.72. The number of benzene rings is 4. The highest BCUT2D eigenvalue weighted by atomic mass is 32.2. The van der Waals surface area contributed by atoms with Gasteiger partial charge in [-0.15, -0.1) is 0 Å². The fourth-order valence-electron chi connectivity index (χ4n) is 5.93. The van der Waals surface area contributed by atoms with E-state index in [-0.39, 0.29) is 45.8 Å². The number of amides is 1. The monoisotopic (exact) mass is 716 g/mol. The maximum atomic E-state index is 13.8. The lowest BCUT2D eigenvalue weighted by molar-refractivity contribution is -0.386. The van der Waals surface area contributed by atoms with Gasteiger partial charge in [0.05, 0.1) is 22.7 Å². The lowest BCUT2D eigenvalue weighted by atomic mass is 9.72. The van der Waals surface area contributed by atoms with Crippen molar-refractivity contribution < 1.29 is 36.6 Å². The average Bonchev–Trinajstić information content (AvgIpc) is 3.04. The number of rotatable bonds is 13. The second-order valence-electron chi connectivity index (χ2n) is 14.2. The van der Waals surface area contributed by atoms with Gasteiger partial charge in [0.15, 0.2) is 10.6 Å². The summed E-state index contributed by atoms with van der Waals surface area (Å²) in [5.74, 6) is -2.38. The Labute approximate surface area is 299 Å². The van der Waals surface area contributed by atoms with E-state index >= 15 is 0 Å². The largest absolute Gasteiger partial charge is 0.487 e. The van der Waals surface area contributed by atoms with E-state index in [9.17, 15) is 28.1 Å². The molecule has 270 valence electrons. The number of nitrogens with one attached hydrogen (secondary N) is 1. The van der Waals surface area contributed by atoms with Crippen LogP contribution in [-0.2, 0) is 19.7 Å². The summed E-state index contributed by atoms with van der Waals surface area (Å²) in [7, 11) is -5.08. The van der Waals surface area contributed by atoms with Crippen molar-refractivity contribution in [3.63, 3.8) is 0 Å². The number of nitrogens with zero attached hydrogens (tertiary/aromatic N) is 1. The van der Waals surface area contributed by atoms with E-state index in [1.54, 1.807) is 24.3 Å². The number of carbonyl (C=O) groups excluding carboxylic acids is 2. The Hall–Kier alpha value is -5.23. The van der Waals surface area contributed by atoms with Crippen LogP contribution in [-0.4, -0.2) is 31.8 Å². The number of hydrogen-bond donors (Lipinski definition) is 1. The van der Waals surface area contributed by atoms with Gasteiger partial charge in [-0.2, -0.15) is 8.42 Å². The van der Waals surface area contributed by atoms with E-state index in [2.05, 4.69) is 39.9 Å². The van der Waals surface area contributed by atoms with Gasteiger partial charge in [0.25, 0.3) is 5.91 Å². The maximum Gasteiger partial charge on any atom is 0.354 e. The summed E-state index contributed by atoms with van der Waals surface area (Å²) in [5, 5.41) is 14.8. The summed E-state index contributed by atoms with van der Waals surface area (Å²) < 4.78 is 44.3. The van der Waals surface area contributed by atoms with Crippen LogP contribution < -0.4 is 14.8 Å². The second-order valence-corrected chi connectivity index (χ2v) is 15.7. The van der Waals surface area contributed by atoms with Crippen molar-refractivity contribution in [1.82, 2.24) is 0 Å². The molecule has 0 heterocycles. The van der Waals surface area contributed by atoms with E-state index in [0.29, 0.717) is 12.1 Å². The predicted octanol–water partition coefficient (Wildman–Crippen LogP) is 9.30. The Morgan fingerprint density at radius 2 is 1.51 bits per heavy atom. The van der Waals surface area contributed by atoms with Crippen LogP contribution in [0, 0.1) is 29.4 Å². The number of anilines is 1. The molecule has 0 saturated carbocycles. The zero-order valence-corrected chi connectivity index (χ0v) is 31.0. The minimum atomic E-state index is -5.08. The van der Waals surface area contributed by atoms with Crippen molar-refractivity contribution in [1.29, 1.82) is 0 Å². The quantitative estimate of drug-likeness (QED) is 0.0811. The summed E-state index contributed by atoms with van der Waals surface area (Å²) in [6, 6.07) is 19.8. The molecule has 0 aliphatic heterocycles. The van der Waals surface area contributed by atoms with Crippen LogP contribution in [0.2, 0.25) is 0 Å². The van der Waals surface area contributed by atoms with Crippen LogP contribution in [0.3, 0.4) is 0 Å². The molecule has 0 unspecified atom stereocenters. The molecule has 0 aliphatic carbocycles. The second kappa shape index (κ2) is 15.3. The molecule has 0 atom stereocenters. The van der Waals surface area contributed by atoms with Gasteiger partial charge in [-0.3, -0.25) is 14.9 Å². The van der Waals surface area contributed by atoms with Gasteiger partial charge < -0.3 is 19.0 Å². The number of hydrogen-bond acceptors (Lipinski definition) is 9. The predicted molar refractivity (Wildman–Crippen MR) is 195 cm³/mol. The Morgan fingerprint density at radius 1 is 0.863 bits per heavy atom. The van der Waals surface area contributed by atoms with E-state index in [0.717, 1.165) is 35.2 Å². The van der Waals surface area contributed by atoms with E-state index in [1.165, 1.54) is 24.3 Å². The first-order valence-corrected chi connectivity index (χ1v) is 17.9. The van der Waals surface area contributed by atoms with E-state index in [1.807, 2.05) is 39.0 Å². The number of carbonyl (C=O) groups is 2. The number of ether oxygens (including phenoxy) is 2. The summed E-state index contributed by atoms with van der Waals surface area (Å²) in [4.78, 5) is 37.3. The number of aryl methyl sites for hydroxylation is 1. The number of nitro benzene ring substituents is 1. The van der Waals surface area contributed by atoms with Crippen molar-refractivity contribution in [2.75, 3.05) is 11.9 Å². The zero-order chi connectivity index (χ0) is 37.7. The average molecular weight is 717 g/mol. The first kappa shape index (κ1) is 38.6. The van der Waals surface area contributed by atoms with Crippen LogP contribution in [0.25, 0.3) is 0 Å². The molecule has 0 radical (unpaired) electrons. The standard InChI is InChI=1S/C39H44N2O9S/c1-9-21-48-33-23-34(49-28-19-17-27(18-20-28)39(7,8)24-38(4,5)6)35(22-32(33)41(44)45)51(46,47)50-37(43)30-15-11-10-14-29(30)36(42)40-31-16-12-13-25(2)26(31)3/h10-20,22-23H,9,21,24H2,1-8H3,(H,40,42). The van der Waals surface area contributed by atoms with Crippen molar-refractivity contribution in [2.24, 2.45) is 5.41 Å². The van der Waals surface area contributed by atoms with Crippen molar-refractivity contribution >= 4 is 33.4 Å². The van der Waals surface area contributed by atoms with Crippen LogP contribution in [0.4, 0.5) is 11.4 Å². The van der Waals surface area contributed by atoms with Gasteiger partial charge >= 0.3 is 21.8 Å². The van der Waals surface area contributed by atoms with Crippen molar-refractivity contribution in [3.8, 4) is 17.2 Å². The Morgan fingerprint density at radius 3 is 2.12 bits per heavy atom. The summed E-state index contributed by atoms with van der Waals surface area (Å²) in [6.45, 7) is 16.4. The van der Waals surface area contributed by atoms with Gasteiger partial charge in [-0.1, -0.05) is 77.9 Å². The van der Waals surface area contributed by atoms with Crippen LogP contribution >= 0.6 is 0 Å². The normalized spacial score (nSPS) is 11.8. The van der Waals surface area contributed by atoms with E-state index < -0.39 is 37.5 Å². The summed E-state index contributed by atoms with van der Waals surface area (Å²) in [6.07, 6.45) is 1.41. The first-order valence-electron chi connectivity index (χ1n) is 16.5. The summed E-state index contributed by atoms with van der Waals surface area (Å²) >= 11 is 0. The highest BCUT2D eigenvalue weighted by molar-refractivity contribution is 7.87. The molecule has 0 aliphatic rings. The molecule has 51 heavy (non-hydrogen) atoms. The van der Waals surface area contributed by atoms with Crippen LogP contribution in [0.5, 0.6) is 17.2 Å². The van der Waals surface area contributed by atoms with Gasteiger partial charge in [-0.25, -0.2) is 4.79 Å². The Kier molecular flexibility index (Phi) is 11.6. The zero-order valence-electron chi connectivity index (χ0n) is 30.2. The summed E-state index contributed by atoms with van der Waals surface area (Å²) in [5.41, 5.74) is 2.04. The van der Waals surface area contributed by atoms with Crippen molar-refractivity contribution in [2.45, 2.75) is 78.5 Å². The van der Waals surface area contributed by atoms with Crippen molar-refractivity contribution in [3.05, 3.63) is 117 Å². The molecule has 4 rings (SSSR count). The molecule has 1 N–H and O–H groups in total. The number of nitro groups is 1. The molecule has 0 bridgehead atoms. The molecule has 1 amide bonds. The fraction of sp³-hybridized carbons (Fsp3) is 0.333. The molecule has 0 fully saturated rings. The van der Waals surface area contributed by atoms with Gasteiger partial charge in [0.1, 0.15) is 5.75 Å². The molecule has 4 aromatic carbocycles. The van der Waals surface area contributed by atoms with Gasteiger partial charge in [0, 0.05) is 17.8 Å². The van der Waals surface area contributed by atoms with E-state index in [4.69, 9.17) is 13.7 Å². The third kappa shape index (κ3) is 9.52. The lowest BCUT2D eigenvalue weighted by Gasteiger charge is -2.33. The Bertz CT molecular complexity index is 2050. The SMILES string of the molecule is CCCOc1cc(Oc2ccc(C(C)(C)CC(C)(C)C)cc2)c(S(=O)(=O)OC(=O)c2ccccc2C(=O)Nc2cccc(C)c2C)cc1[N+](=O)[O-]. The molecule has 0 saturated heterocycles. The third-order valence-electron chi connectivity index (χ3n) is 8.22. The van der Waals surface area contributed by atoms with Crippen LogP contribution in [0.1, 0.15) is 91.8 Å². The molecule has 0 aromatic heterocycles. The molecule has 11 nitrogen and oxygen atoms in total. The smallest absolute Gasteiger partial charge is 0.354 e. The molecular formula is C39H44N2O9S. The lowest BCUT2D eigenvalue weighted by Crippen LogP contribution is -2.24. The van der Waals surface area contributed by atoms with Gasteiger partial charge in [-0.05, 0) is 84.5 Å². The highest BCUT2D eigenvalue weighted by Gasteiger charge is 2.33. The minimum absolute atomic E-state index is 0.0669. The maximum absolute atomic E-state index is 13.8.